The third-order valence-electron chi connectivity index (χ3n) is 4.42. The second-order valence-corrected chi connectivity index (χ2v) is 7.60. The Bertz CT molecular complexity index is 391. The first-order chi connectivity index (χ1) is 9.65. The average molecular weight is 296 g/mol. The van der Waals surface area contributed by atoms with E-state index in [2.05, 4.69) is 24.1 Å². The molecule has 0 aliphatic heterocycles. The van der Waals surface area contributed by atoms with Gasteiger partial charge in [0, 0.05) is 36.7 Å². The summed E-state index contributed by atoms with van der Waals surface area (Å²) < 4.78 is 0. The molecule has 0 bridgehead atoms. The lowest BCUT2D eigenvalue weighted by molar-refractivity contribution is 0.126. The summed E-state index contributed by atoms with van der Waals surface area (Å²) in [7, 11) is 0. The van der Waals surface area contributed by atoms with E-state index in [0.717, 1.165) is 19.5 Å². The lowest BCUT2D eigenvalue weighted by Gasteiger charge is -2.37. The van der Waals surface area contributed by atoms with E-state index >= 15 is 0 Å². The van der Waals surface area contributed by atoms with E-state index in [9.17, 15) is 5.11 Å². The molecule has 2 rings (SSSR count). The smallest absolute Gasteiger partial charge is 0.0953 e. The van der Waals surface area contributed by atoms with Crippen LogP contribution in [0.5, 0.6) is 0 Å². The highest BCUT2D eigenvalue weighted by Gasteiger charge is 2.30. The average Bonchev–Trinajstić information content (AvgIpc) is 2.89. The molecule has 0 unspecified atom stereocenters. The van der Waals surface area contributed by atoms with Crippen LogP contribution in [0.25, 0.3) is 0 Å². The van der Waals surface area contributed by atoms with E-state index < -0.39 is 0 Å². The van der Waals surface area contributed by atoms with Gasteiger partial charge in [-0.15, -0.1) is 11.3 Å². The van der Waals surface area contributed by atoms with Crippen LogP contribution in [0.2, 0.25) is 0 Å². The van der Waals surface area contributed by atoms with Crippen molar-refractivity contribution in [3.8, 4) is 0 Å². The van der Waals surface area contributed by atoms with Crippen LogP contribution in [0, 0.1) is 5.41 Å². The van der Waals surface area contributed by atoms with Gasteiger partial charge in [-0.2, -0.15) is 0 Å². The molecule has 3 nitrogen and oxygen atoms in total. The minimum atomic E-state index is 0.319. The SMILES string of the molecule is CC(C)c1ncc(CNCC2(CCO)CCCCC2)s1. The van der Waals surface area contributed by atoms with E-state index in [1.165, 1.54) is 42.0 Å². The highest BCUT2D eigenvalue weighted by molar-refractivity contribution is 7.11. The highest BCUT2D eigenvalue weighted by Crippen LogP contribution is 2.38. The normalized spacial score (nSPS) is 18.6. The van der Waals surface area contributed by atoms with Gasteiger partial charge in [0.15, 0.2) is 0 Å². The van der Waals surface area contributed by atoms with Crippen molar-refractivity contribution in [1.82, 2.24) is 10.3 Å². The zero-order valence-corrected chi connectivity index (χ0v) is 13.6. The first-order valence-corrected chi connectivity index (χ1v) is 8.73. The summed E-state index contributed by atoms with van der Waals surface area (Å²) in [5.74, 6) is 0.521. The maximum Gasteiger partial charge on any atom is 0.0953 e. The molecule has 2 N–H and O–H groups in total. The molecule has 1 saturated carbocycles. The molecule has 1 fully saturated rings. The number of nitrogens with one attached hydrogen (secondary N) is 1. The molecule has 0 atom stereocenters. The molecule has 1 aliphatic rings. The number of hydrogen-bond acceptors (Lipinski definition) is 4. The van der Waals surface area contributed by atoms with Crippen molar-refractivity contribution in [3.05, 3.63) is 16.1 Å². The van der Waals surface area contributed by atoms with Crippen molar-refractivity contribution < 1.29 is 5.11 Å². The second-order valence-electron chi connectivity index (χ2n) is 6.46. The standard InChI is InChI=1S/C16H28N2OS/c1-13(2)15-18-11-14(20-15)10-17-12-16(8-9-19)6-4-3-5-7-16/h11,13,17,19H,3-10,12H2,1-2H3. The number of nitrogens with zero attached hydrogens (tertiary/aromatic N) is 1. The minimum absolute atomic E-state index is 0.319. The summed E-state index contributed by atoms with van der Waals surface area (Å²) >= 11 is 1.82. The molecule has 0 radical (unpaired) electrons. The van der Waals surface area contributed by atoms with Crippen LogP contribution in [0.3, 0.4) is 0 Å². The van der Waals surface area contributed by atoms with Crippen LogP contribution >= 0.6 is 11.3 Å². The molecule has 20 heavy (non-hydrogen) atoms. The molecule has 1 heterocycles. The third kappa shape index (κ3) is 4.27. The minimum Gasteiger partial charge on any atom is -0.396 e. The van der Waals surface area contributed by atoms with Gasteiger partial charge < -0.3 is 10.4 Å². The maximum atomic E-state index is 9.33. The quantitative estimate of drug-likeness (QED) is 0.806. The van der Waals surface area contributed by atoms with Crippen LogP contribution in [0.1, 0.15) is 68.2 Å². The van der Waals surface area contributed by atoms with Crippen molar-refractivity contribution in [2.24, 2.45) is 5.41 Å². The van der Waals surface area contributed by atoms with E-state index in [1.807, 2.05) is 17.5 Å². The van der Waals surface area contributed by atoms with Crippen molar-refractivity contribution in [2.45, 2.75) is 64.8 Å². The van der Waals surface area contributed by atoms with Gasteiger partial charge in [0.1, 0.15) is 0 Å². The summed E-state index contributed by atoms with van der Waals surface area (Å²) in [6.45, 7) is 6.64. The Labute approximate surface area is 126 Å². The first kappa shape index (κ1) is 15.9. The van der Waals surface area contributed by atoms with Gasteiger partial charge >= 0.3 is 0 Å². The fourth-order valence-electron chi connectivity index (χ4n) is 3.18. The van der Waals surface area contributed by atoms with Crippen molar-refractivity contribution in [3.63, 3.8) is 0 Å². The van der Waals surface area contributed by atoms with E-state index in [-0.39, 0.29) is 0 Å². The van der Waals surface area contributed by atoms with Crippen LogP contribution < -0.4 is 5.32 Å². The molecule has 0 spiro atoms. The van der Waals surface area contributed by atoms with Gasteiger partial charge in [0.2, 0.25) is 0 Å². The van der Waals surface area contributed by atoms with E-state index in [4.69, 9.17) is 0 Å². The zero-order chi connectivity index (χ0) is 14.4. The Morgan fingerprint density at radius 2 is 2.10 bits per heavy atom. The Balaban J connectivity index is 1.83. The van der Waals surface area contributed by atoms with Crippen LogP contribution in [0.4, 0.5) is 0 Å². The van der Waals surface area contributed by atoms with Crippen LogP contribution in [0.15, 0.2) is 6.20 Å². The topological polar surface area (TPSA) is 45.2 Å². The van der Waals surface area contributed by atoms with Gasteiger partial charge in [0.05, 0.1) is 5.01 Å². The number of thiazole rings is 1. The van der Waals surface area contributed by atoms with Gasteiger partial charge in [-0.25, -0.2) is 4.98 Å². The van der Waals surface area contributed by atoms with Gasteiger partial charge in [-0.1, -0.05) is 33.1 Å². The lowest BCUT2D eigenvalue weighted by Crippen LogP contribution is -2.36. The summed E-state index contributed by atoms with van der Waals surface area (Å²) in [6, 6.07) is 0. The number of aliphatic hydroxyl groups is 1. The van der Waals surface area contributed by atoms with Crippen LogP contribution in [-0.4, -0.2) is 23.2 Å². The van der Waals surface area contributed by atoms with Gasteiger partial charge in [0.25, 0.3) is 0 Å². The monoisotopic (exact) mass is 296 g/mol. The molecular formula is C16H28N2OS. The molecule has 0 amide bonds. The number of aliphatic hydroxyl groups excluding tert-OH is 1. The molecule has 1 aromatic heterocycles. The summed E-state index contributed by atoms with van der Waals surface area (Å²) in [5.41, 5.74) is 0.332. The predicted octanol–water partition coefficient (Wildman–Crippen LogP) is 3.69. The van der Waals surface area contributed by atoms with Gasteiger partial charge in [-0.05, 0) is 24.7 Å². The van der Waals surface area contributed by atoms with E-state index in [0.29, 0.717) is 17.9 Å². The summed E-state index contributed by atoms with van der Waals surface area (Å²) in [4.78, 5) is 5.80. The number of aromatic nitrogens is 1. The molecule has 1 aliphatic carbocycles. The lowest BCUT2D eigenvalue weighted by atomic mass is 9.72. The van der Waals surface area contributed by atoms with Gasteiger partial charge in [-0.3, -0.25) is 0 Å². The Hall–Kier alpha value is -0.450. The zero-order valence-electron chi connectivity index (χ0n) is 12.8. The van der Waals surface area contributed by atoms with Crippen molar-refractivity contribution in [2.75, 3.05) is 13.2 Å². The maximum absolute atomic E-state index is 9.33. The Morgan fingerprint density at radius 1 is 1.35 bits per heavy atom. The highest BCUT2D eigenvalue weighted by atomic mass is 32.1. The summed E-state index contributed by atoms with van der Waals surface area (Å²) in [5, 5.41) is 14.2. The Morgan fingerprint density at radius 3 is 2.70 bits per heavy atom. The molecule has 114 valence electrons. The molecule has 0 saturated heterocycles. The van der Waals surface area contributed by atoms with Crippen molar-refractivity contribution >= 4 is 11.3 Å². The summed E-state index contributed by atoms with van der Waals surface area (Å²) in [6.07, 6.45) is 9.48. The first-order valence-electron chi connectivity index (χ1n) is 7.91. The number of hydrogen-bond donors (Lipinski definition) is 2. The molecule has 0 aromatic carbocycles. The Kier molecular flexibility index (Phi) is 6.00. The third-order valence-corrected chi connectivity index (χ3v) is 5.72. The number of rotatable bonds is 7. The second kappa shape index (κ2) is 7.53. The molecule has 1 aromatic rings. The largest absolute Gasteiger partial charge is 0.396 e. The molecular weight excluding hydrogens is 268 g/mol. The fourth-order valence-corrected chi connectivity index (χ4v) is 4.07. The van der Waals surface area contributed by atoms with E-state index in [1.54, 1.807) is 0 Å². The molecule has 4 heteroatoms. The van der Waals surface area contributed by atoms with Crippen LogP contribution in [-0.2, 0) is 6.54 Å². The van der Waals surface area contributed by atoms with Crippen molar-refractivity contribution in [1.29, 1.82) is 0 Å². The predicted molar refractivity (Wildman–Crippen MR) is 85.1 cm³/mol. The fraction of sp³-hybridized carbons (Fsp3) is 0.812.